The number of fused-ring (bicyclic) bond motifs is 2. The summed E-state index contributed by atoms with van der Waals surface area (Å²) >= 11 is 0. The van der Waals surface area contributed by atoms with Crippen LogP contribution >= 0.6 is 0 Å². The number of halogens is 5. The number of ether oxygens (including phenoxy) is 1. The topological polar surface area (TPSA) is 106 Å². The molecule has 0 bridgehead atoms. The molecule has 1 aromatic carbocycles. The minimum atomic E-state index is -4.48. The van der Waals surface area contributed by atoms with Crippen molar-refractivity contribution in [3.63, 3.8) is 0 Å². The number of methoxy groups -OCH3 is 1. The van der Waals surface area contributed by atoms with Crippen molar-refractivity contribution < 1.29 is 31.5 Å². The molecule has 42 heavy (non-hydrogen) atoms. The second-order valence-electron chi connectivity index (χ2n) is 10.6. The number of carbonyl (C=O) groups is 1. The number of carbonyl (C=O) groups excluding carboxylic acids is 1. The molecule has 0 aliphatic carbocycles. The number of aromatic nitrogens is 6. The molecule has 1 atom stereocenters. The fraction of sp³-hybridized carbons (Fsp3) is 0.500. The molecule has 16 heteroatoms. The Morgan fingerprint density at radius 2 is 1.95 bits per heavy atom. The normalized spacial score (nSPS) is 19.6. The van der Waals surface area contributed by atoms with Crippen molar-refractivity contribution in [2.75, 3.05) is 45.2 Å². The summed E-state index contributed by atoms with van der Waals surface area (Å²) in [6.07, 6.45) is -0.887. The number of nitrogens with zero attached hydrogens (tertiary/aromatic N) is 8. The van der Waals surface area contributed by atoms with E-state index in [-0.39, 0.29) is 42.8 Å². The van der Waals surface area contributed by atoms with Crippen molar-refractivity contribution in [3.8, 4) is 17.0 Å². The number of hydrogen-bond acceptors (Lipinski definition) is 8. The van der Waals surface area contributed by atoms with E-state index < -0.39 is 31.2 Å². The van der Waals surface area contributed by atoms with Gasteiger partial charge in [0, 0.05) is 18.3 Å². The van der Waals surface area contributed by atoms with Crippen LogP contribution in [0.25, 0.3) is 27.7 Å². The Balaban J connectivity index is 1.23. The van der Waals surface area contributed by atoms with E-state index in [1.54, 1.807) is 24.4 Å². The van der Waals surface area contributed by atoms with Gasteiger partial charge in [-0.25, -0.2) is 18.0 Å². The molecule has 4 aromatic rings. The van der Waals surface area contributed by atoms with Gasteiger partial charge < -0.3 is 15.0 Å². The quantitative estimate of drug-likeness (QED) is 0.325. The van der Waals surface area contributed by atoms with Crippen molar-refractivity contribution in [2.45, 2.75) is 43.9 Å². The highest BCUT2D eigenvalue weighted by Gasteiger charge is 2.46. The van der Waals surface area contributed by atoms with Crippen LogP contribution in [-0.2, 0) is 11.3 Å². The lowest BCUT2D eigenvalue weighted by Gasteiger charge is -2.39. The Hall–Kier alpha value is -4.08. The second kappa shape index (κ2) is 10.6. The number of amides is 1. The van der Waals surface area contributed by atoms with E-state index in [9.17, 15) is 18.0 Å². The molecule has 2 fully saturated rings. The van der Waals surface area contributed by atoms with Crippen molar-refractivity contribution in [1.29, 1.82) is 0 Å². The van der Waals surface area contributed by atoms with Crippen LogP contribution in [-0.4, -0.2) is 103 Å². The molecule has 2 saturated heterocycles. The molecule has 6 rings (SSSR count). The average molecular weight is 594 g/mol. The zero-order chi connectivity index (χ0) is 29.6. The molecule has 2 aliphatic heterocycles. The summed E-state index contributed by atoms with van der Waals surface area (Å²) < 4.78 is 77.1. The lowest BCUT2D eigenvalue weighted by atomic mass is 10.0. The molecule has 2 aliphatic rings. The Kier molecular flexibility index (Phi) is 7.11. The SMILES string of the molecule is COc1nc(N[C@@H]2CCN(C(=O)CN3CCCC3)CC2(F)F)nn2ccc(-c3ccc4nnn(CC(F)(F)F)c4c3)c12. The molecule has 11 nitrogen and oxygen atoms in total. The lowest BCUT2D eigenvalue weighted by Crippen LogP contribution is -2.57. The molecular formula is C26H28F5N9O2. The highest BCUT2D eigenvalue weighted by atomic mass is 19.4. The van der Waals surface area contributed by atoms with Gasteiger partial charge in [-0.15, -0.1) is 10.2 Å². The maximum absolute atomic E-state index is 15.2. The Labute approximate surface area is 236 Å². The summed E-state index contributed by atoms with van der Waals surface area (Å²) in [6.45, 7) is -0.0623. The molecule has 0 radical (unpaired) electrons. The molecule has 0 saturated carbocycles. The fourth-order valence-electron chi connectivity index (χ4n) is 5.57. The number of hydrogen-bond donors (Lipinski definition) is 1. The zero-order valence-electron chi connectivity index (χ0n) is 22.6. The first-order valence-electron chi connectivity index (χ1n) is 13.5. The first-order valence-corrected chi connectivity index (χ1v) is 13.5. The Bertz CT molecular complexity index is 1610. The molecule has 3 aromatic heterocycles. The number of alkyl halides is 5. The van der Waals surface area contributed by atoms with E-state index in [4.69, 9.17) is 4.74 Å². The summed E-state index contributed by atoms with van der Waals surface area (Å²) in [5.41, 5.74) is 1.97. The third-order valence-corrected chi connectivity index (χ3v) is 7.64. The molecule has 0 unspecified atom stereocenters. The first kappa shape index (κ1) is 28.1. The standard InChI is InChI=1S/C26H28F5N9O2/c1-42-23-22-17(16-4-5-18-19(12-16)40(36-34-18)15-26(29,30)31)6-11-39(22)35-24(33-23)32-20-7-10-38(14-25(20,27)28)21(41)13-37-8-2-3-9-37/h4-6,11-12,20H,2-3,7-10,13-15H2,1H3,(H,32,35)/t20-/m1/s1. The highest BCUT2D eigenvalue weighted by molar-refractivity contribution is 5.89. The van der Waals surface area contributed by atoms with E-state index >= 15 is 8.78 Å². The van der Waals surface area contributed by atoms with Gasteiger partial charge >= 0.3 is 6.18 Å². The molecule has 1 amide bonds. The van der Waals surface area contributed by atoms with E-state index in [1.165, 1.54) is 22.6 Å². The van der Waals surface area contributed by atoms with Crippen molar-refractivity contribution in [1.82, 2.24) is 39.4 Å². The number of rotatable bonds is 7. The van der Waals surface area contributed by atoms with Gasteiger partial charge in [0.2, 0.25) is 17.7 Å². The maximum atomic E-state index is 15.2. The predicted molar refractivity (Wildman–Crippen MR) is 141 cm³/mol. The maximum Gasteiger partial charge on any atom is 0.408 e. The van der Waals surface area contributed by atoms with Crippen LogP contribution in [0.3, 0.4) is 0 Å². The summed E-state index contributed by atoms with van der Waals surface area (Å²) in [7, 11) is 1.37. The third-order valence-electron chi connectivity index (χ3n) is 7.64. The Morgan fingerprint density at radius 3 is 2.67 bits per heavy atom. The van der Waals surface area contributed by atoms with Crippen molar-refractivity contribution >= 4 is 28.4 Å². The number of benzene rings is 1. The minimum absolute atomic E-state index is 0.000953. The second-order valence-corrected chi connectivity index (χ2v) is 10.6. The lowest BCUT2D eigenvalue weighted by molar-refractivity contribution is -0.143. The van der Waals surface area contributed by atoms with Crippen LogP contribution < -0.4 is 10.1 Å². The Morgan fingerprint density at radius 1 is 1.17 bits per heavy atom. The van der Waals surface area contributed by atoms with Crippen LogP contribution in [0.4, 0.5) is 27.9 Å². The summed E-state index contributed by atoms with van der Waals surface area (Å²) in [4.78, 5) is 20.1. The largest absolute Gasteiger partial charge is 0.479 e. The number of likely N-dealkylation sites (tertiary alicyclic amines) is 2. The smallest absolute Gasteiger partial charge is 0.408 e. The van der Waals surface area contributed by atoms with E-state index in [2.05, 4.69) is 25.7 Å². The zero-order valence-corrected chi connectivity index (χ0v) is 22.6. The fourth-order valence-corrected chi connectivity index (χ4v) is 5.57. The van der Waals surface area contributed by atoms with E-state index in [0.717, 1.165) is 30.6 Å². The van der Waals surface area contributed by atoms with Crippen molar-refractivity contribution in [3.05, 3.63) is 30.5 Å². The van der Waals surface area contributed by atoms with Crippen LogP contribution in [0.2, 0.25) is 0 Å². The molecule has 0 spiro atoms. The van der Waals surface area contributed by atoms with Gasteiger partial charge in [-0.3, -0.25) is 9.69 Å². The van der Waals surface area contributed by atoms with Gasteiger partial charge in [-0.2, -0.15) is 18.2 Å². The van der Waals surface area contributed by atoms with Gasteiger partial charge in [0.1, 0.15) is 17.6 Å². The molecule has 5 heterocycles. The molecular weight excluding hydrogens is 565 g/mol. The van der Waals surface area contributed by atoms with Crippen molar-refractivity contribution in [2.24, 2.45) is 0 Å². The van der Waals surface area contributed by atoms with Gasteiger partial charge in [-0.05, 0) is 56.1 Å². The van der Waals surface area contributed by atoms with Gasteiger partial charge in [0.15, 0.2) is 0 Å². The van der Waals surface area contributed by atoms with Gasteiger partial charge in [0.05, 0.1) is 31.8 Å². The van der Waals surface area contributed by atoms with E-state index in [1.807, 2.05) is 4.90 Å². The minimum Gasteiger partial charge on any atom is -0.479 e. The van der Waals surface area contributed by atoms with Crippen LogP contribution in [0, 0.1) is 0 Å². The molecule has 224 valence electrons. The summed E-state index contributed by atoms with van der Waals surface area (Å²) in [5, 5.41) is 14.5. The molecule has 1 N–H and O–H groups in total. The predicted octanol–water partition coefficient (Wildman–Crippen LogP) is 3.46. The summed E-state index contributed by atoms with van der Waals surface area (Å²) in [6, 6.07) is 5.13. The monoisotopic (exact) mass is 593 g/mol. The van der Waals surface area contributed by atoms with E-state index in [0.29, 0.717) is 22.2 Å². The first-order chi connectivity index (χ1) is 20.0. The van der Waals surface area contributed by atoms with Gasteiger partial charge in [0.25, 0.3) is 5.92 Å². The van der Waals surface area contributed by atoms with Gasteiger partial charge in [-0.1, -0.05) is 11.3 Å². The number of piperidine rings is 1. The third kappa shape index (κ3) is 5.54. The highest BCUT2D eigenvalue weighted by Crippen LogP contribution is 2.35. The average Bonchev–Trinajstić information content (AvgIpc) is 3.69. The van der Waals surface area contributed by atoms with Crippen LogP contribution in [0.1, 0.15) is 19.3 Å². The van der Waals surface area contributed by atoms with Crippen LogP contribution in [0.15, 0.2) is 30.5 Å². The summed E-state index contributed by atoms with van der Waals surface area (Å²) in [5.74, 6) is -3.54. The van der Waals surface area contributed by atoms with Crippen LogP contribution in [0.5, 0.6) is 5.88 Å². The number of nitrogens with one attached hydrogen (secondary N) is 1. The number of anilines is 1.